The molecule has 1 aromatic heterocycles. The van der Waals surface area contributed by atoms with Gasteiger partial charge in [0.15, 0.2) is 17.6 Å². The summed E-state index contributed by atoms with van der Waals surface area (Å²) in [7, 11) is 0. The summed E-state index contributed by atoms with van der Waals surface area (Å²) in [5, 5.41) is 6.86. The lowest BCUT2D eigenvalue weighted by atomic mass is 10.1. The van der Waals surface area contributed by atoms with Crippen LogP contribution in [0.5, 0.6) is 0 Å². The van der Waals surface area contributed by atoms with Gasteiger partial charge in [0.2, 0.25) is 0 Å². The van der Waals surface area contributed by atoms with E-state index in [0.29, 0.717) is 5.82 Å². The van der Waals surface area contributed by atoms with E-state index in [9.17, 15) is 4.39 Å². The first-order valence-corrected chi connectivity index (χ1v) is 11.4. The molecule has 2 aliphatic rings. The Morgan fingerprint density at radius 3 is 2.86 bits per heavy atom. The zero-order valence-electron chi connectivity index (χ0n) is 17.9. The Morgan fingerprint density at radius 1 is 1.21 bits per heavy atom. The fraction of sp³-hybridized carbons (Fsp3) is 0.727. The highest BCUT2D eigenvalue weighted by Crippen LogP contribution is 2.20. The van der Waals surface area contributed by atoms with Crippen molar-refractivity contribution in [3.05, 3.63) is 24.1 Å². The Balaban J connectivity index is 1.37. The maximum atomic E-state index is 14.0. The minimum absolute atomic E-state index is 0.252. The number of rotatable bonds is 9. The van der Waals surface area contributed by atoms with Crippen molar-refractivity contribution >= 4 is 11.8 Å². The van der Waals surface area contributed by atoms with Crippen molar-refractivity contribution in [3.63, 3.8) is 0 Å². The largest absolute Gasteiger partial charge is 0.357 e. The molecule has 3 heterocycles. The van der Waals surface area contributed by atoms with Crippen LogP contribution in [0.25, 0.3) is 0 Å². The Morgan fingerprint density at radius 2 is 2.07 bits per heavy atom. The molecule has 0 aromatic carbocycles. The number of guanidine groups is 1. The minimum Gasteiger partial charge on any atom is -0.357 e. The van der Waals surface area contributed by atoms with Crippen molar-refractivity contribution in [3.8, 4) is 0 Å². The summed E-state index contributed by atoms with van der Waals surface area (Å²) in [6.07, 6.45) is 10.4. The summed E-state index contributed by atoms with van der Waals surface area (Å²) < 4.78 is 14.0. The van der Waals surface area contributed by atoms with Gasteiger partial charge in [0, 0.05) is 38.4 Å². The topological polar surface area (TPSA) is 55.8 Å². The minimum atomic E-state index is -0.252. The molecule has 0 amide bonds. The van der Waals surface area contributed by atoms with Gasteiger partial charge in [-0.1, -0.05) is 12.8 Å². The van der Waals surface area contributed by atoms with E-state index in [0.717, 1.165) is 45.0 Å². The zero-order valence-corrected chi connectivity index (χ0v) is 17.9. The lowest BCUT2D eigenvalue weighted by Gasteiger charge is -2.26. The maximum Gasteiger partial charge on any atom is 0.191 e. The van der Waals surface area contributed by atoms with E-state index < -0.39 is 0 Å². The van der Waals surface area contributed by atoms with Crippen LogP contribution in [0.1, 0.15) is 51.9 Å². The molecule has 2 saturated heterocycles. The molecule has 2 aliphatic heterocycles. The summed E-state index contributed by atoms with van der Waals surface area (Å²) in [6, 6.07) is 3.36. The van der Waals surface area contributed by atoms with E-state index in [-0.39, 0.29) is 11.9 Å². The SMILES string of the molecule is CCNC(=NCCCCCN1CCCCC1)NC1CCN(c2ncccc2F)C1. The van der Waals surface area contributed by atoms with E-state index in [1.54, 1.807) is 12.3 Å². The third-order valence-electron chi connectivity index (χ3n) is 5.76. The molecule has 0 aliphatic carbocycles. The molecule has 29 heavy (non-hydrogen) atoms. The Labute approximate surface area is 175 Å². The van der Waals surface area contributed by atoms with Gasteiger partial charge in [-0.3, -0.25) is 4.99 Å². The molecule has 7 heteroatoms. The summed E-state index contributed by atoms with van der Waals surface area (Å²) >= 11 is 0. The normalized spacial score (nSPS) is 20.8. The standard InChI is InChI=1S/C22H37FN6/c1-2-24-22(26-12-5-3-6-14-28-15-7-4-8-16-28)27-19-11-17-29(18-19)21-20(23)10-9-13-25-21/h9-10,13,19H,2-8,11-12,14-18H2,1H3,(H2,24,26,27). The summed E-state index contributed by atoms with van der Waals surface area (Å²) in [5.41, 5.74) is 0. The van der Waals surface area contributed by atoms with Gasteiger partial charge < -0.3 is 20.4 Å². The van der Waals surface area contributed by atoms with Gasteiger partial charge in [-0.05, 0) is 70.8 Å². The van der Waals surface area contributed by atoms with Gasteiger partial charge in [0.1, 0.15) is 0 Å². The van der Waals surface area contributed by atoms with E-state index in [1.165, 1.54) is 57.8 Å². The molecular weight excluding hydrogens is 367 g/mol. The van der Waals surface area contributed by atoms with Gasteiger partial charge in [-0.2, -0.15) is 0 Å². The van der Waals surface area contributed by atoms with Crippen LogP contribution in [0.4, 0.5) is 10.2 Å². The van der Waals surface area contributed by atoms with Crippen molar-refractivity contribution < 1.29 is 4.39 Å². The molecule has 2 fully saturated rings. The number of aromatic nitrogens is 1. The summed E-state index contributed by atoms with van der Waals surface area (Å²) in [5.74, 6) is 1.07. The number of anilines is 1. The van der Waals surface area contributed by atoms with Gasteiger partial charge >= 0.3 is 0 Å². The van der Waals surface area contributed by atoms with Crippen LogP contribution < -0.4 is 15.5 Å². The van der Waals surface area contributed by atoms with Crippen molar-refractivity contribution in [2.24, 2.45) is 4.99 Å². The number of nitrogens with zero attached hydrogens (tertiary/aromatic N) is 4. The second kappa shape index (κ2) is 12.0. The quantitative estimate of drug-likeness (QED) is 0.376. The predicted octanol–water partition coefficient (Wildman–Crippen LogP) is 3.01. The third kappa shape index (κ3) is 7.14. The molecule has 162 valence electrons. The average molecular weight is 405 g/mol. The van der Waals surface area contributed by atoms with Crippen LogP contribution in [0.15, 0.2) is 23.3 Å². The molecule has 1 aromatic rings. The molecule has 0 bridgehead atoms. The van der Waals surface area contributed by atoms with Gasteiger partial charge in [0.05, 0.1) is 0 Å². The molecule has 1 unspecified atom stereocenters. The number of nitrogens with one attached hydrogen (secondary N) is 2. The first-order chi connectivity index (χ1) is 14.3. The number of hydrogen-bond donors (Lipinski definition) is 2. The Bertz CT molecular complexity index is 631. The van der Waals surface area contributed by atoms with Gasteiger partial charge in [0.25, 0.3) is 0 Å². The van der Waals surface area contributed by atoms with Gasteiger partial charge in [-0.15, -0.1) is 0 Å². The fourth-order valence-corrected chi connectivity index (χ4v) is 4.19. The fourth-order valence-electron chi connectivity index (χ4n) is 4.19. The van der Waals surface area contributed by atoms with Gasteiger partial charge in [-0.25, -0.2) is 9.37 Å². The highest BCUT2D eigenvalue weighted by atomic mass is 19.1. The second-order valence-electron chi connectivity index (χ2n) is 8.11. The van der Waals surface area contributed by atoms with Crippen LogP contribution in [0.3, 0.4) is 0 Å². The molecule has 2 N–H and O–H groups in total. The van der Waals surface area contributed by atoms with Crippen molar-refractivity contribution in [2.45, 2.75) is 57.9 Å². The number of likely N-dealkylation sites (tertiary alicyclic amines) is 1. The zero-order chi connectivity index (χ0) is 20.3. The van der Waals surface area contributed by atoms with Crippen LogP contribution in [-0.2, 0) is 0 Å². The Kier molecular flexibility index (Phi) is 8.99. The molecule has 1 atom stereocenters. The van der Waals surface area contributed by atoms with Crippen molar-refractivity contribution in [2.75, 3.05) is 50.7 Å². The van der Waals surface area contributed by atoms with Crippen molar-refractivity contribution in [1.82, 2.24) is 20.5 Å². The number of halogens is 1. The summed E-state index contributed by atoms with van der Waals surface area (Å²) in [4.78, 5) is 13.6. The van der Waals surface area contributed by atoms with E-state index in [4.69, 9.17) is 4.99 Å². The molecule has 6 nitrogen and oxygen atoms in total. The lowest BCUT2D eigenvalue weighted by molar-refractivity contribution is 0.224. The number of pyridine rings is 1. The average Bonchev–Trinajstić information content (AvgIpc) is 3.20. The smallest absolute Gasteiger partial charge is 0.191 e. The highest BCUT2D eigenvalue weighted by molar-refractivity contribution is 5.80. The molecule has 0 spiro atoms. The maximum absolute atomic E-state index is 14.0. The first-order valence-electron chi connectivity index (χ1n) is 11.4. The first kappa shape index (κ1) is 21.8. The second-order valence-corrected chi connectivity index (χ2v) is 8.11. The number of hydrogen-bond acceptors (Lipinski definition) is 4. The predicted molar refractivity (Wildman–Crippen MR) is 118 cm³/mol. The van der Waals surface area contributed by atoms with E-state index >= 15 is 0 Å². The van der Waals surface area contributed by atoms with Crippen LogP contribution in [0.2, 0.25) is 0 Å². The highest BCUT2D eigenvalue weighted by Gasteiger charge is 2.25. The van der Waals surface area contributed by atoms with Crippen LogP contribution in [0, 0.1) is 5.82 Å². The molecule has 0 saturated carbocycles. The molecule has 0 radical (unpaired) electrons. The summed E-state index contributed by atoms with van der Waals surface area (Å²) in [6.45, 7) is 9.13. The number of aliphatic imine (C=N–C) groups is 1. The van der Waals surface area contributed by atoms with E-state index in [1.807, 2.05) is 4.90 Å². The van der Waals surface area contributed by atoms with Crippen LogP contribution >= 0.6 is 0 Å². The van der Waals surface area contributed by atoms with E-state index in [2.05, 4.69) is 27.4 Å². The third-order valence-corrected chi connectivity index (χ3v) is 5.76. The molecule has 3 rings (SSSR count). The molecular formula is C22H37FN6. The lowest BCUT2D eigenvalue weighted by Crippen LogP contribution is -2.44. The monoisotopic (exact) mass is 404 g/mol. The Hall–Kier alpha value is -1.89. The number of piperidine rings is 1. The van der Waals surface area contributed by atoms with Crippen LogP contribution in [-0.4, -0.2) is 67.7 Å². The van der Waals surface area contributed by atoms with Crippen molar-refractivity contribution in [1.29, 1.82) is 0 Å². The number of unbranched alkanes of at least 4 members (excludes halogenated alkanes) is 2.